The largest absolute Gasteiger partial charge is 0.375 e. The lowest BCUT2D eigenvalue weighted by molar-refractivity contribution is -0.0124. The molecule has 0 N–H and O–H groups in total. The molecular formula is C12H12BrClFNO2. The van der Waals surface area contributed by atoms with Crippen LogP contribution in [0.25, 0.3) is 0 Å². The van der Waals surface area contributed by atoms with Crippen molar-refractivity contribution < 1.29 is 13.9 Å². The third-order valence-electron chi connectivity index (χ3n) is 2.77. The van der Waals surface area contributed by atoms with Crippen molar-refractivity contribution in [3.63, 3.8) is 0 Å². The van der Waals surface area contributed by atoms with Crippen LogP contribution in [0.4, 0.5) is 4.39 Å². The summed E-state index contributed by atoms with van der Waals surface area (Å²) in [5.74, 6) is -0.759. The van der Waals surface area contributed by atoms with E-state index in [-0.39, 0.29) is 27.1 Å². The van der Waals surface area contributed by atoms with Crippen LogP contribution in [0.2, 0.25) is 5.02 Å². The number of benzene rings is 1. The lowest BCUT2D eigenvalue weighted by Gasteiger charge is -2.31. The van der Waals surface area contributed by atoms with Crippen molar-refractivity contribution in [1.29, 1.82) is 0 Å². The predicted octanol–water partition coefficient (Wildman–Crippen LogP) is 3.10. The van der Waals surface area contributed by atoms with Crippen LogP contribution >= 0.6 is 27.5 Å². The molecule has 1 fully saturated rings. The Hall–Kier alpha value is -0.650. The van der Waals surface area contributed by atoms with Crippen molar-refractivity contribution in [2.24, 2.45) is 0 Å². The van der Waals surface area contributed by atoms with E-state index in [0.29, 0.717) is 19.7 Å². The number of hydrogen-bond acceptors (Lipinski definition) is 2. The van der Waals surface area contributed by atoms with Crippen molar-refractivity contribution in [2.75, 3.05) is 19.7 Å². The molecule has 1 unspecified atom stereocenters. The number of carbonyl (C=O) groups is 1. The van der Waals surface area contributed by atoms with Crippen LogP contribution in [0.15, 0.2) is 16.6 Å². The molecule has 18 heavy (non-hydrogen) atoms. The summed E-state index contributed by atoms with van der Waals surface area (Å²) in [4.78, 5) is 13.9. The number of morpholine rings is 1. The molecule has 2 rings (SSSR count). The number of halogens is 3. The highest BCUT2D eigenvalue weighted by Gasteiger charge is 2.24. The summed E-state index contributed by atoms with van der Waals surface area (Å²) in [5, 5.41) is 0.243. The van der Waals surface area contributed by atoms with E-state index in [0.717, 1.165) is 6.07 Å². The summed E-state index contributed by atoms with van der Waals surface area (Å²) >= 11 is 9.01. The minimum atomic E-state index is -0.496. The molecule has 1 atom stereocenters. The molecule has 1 aliphatic rings. The first-order valence-electron chi connectivity index (χ1n) is 5.54. The maximum atomic E-state index is 13.5. The second-order valence-corrected chi connectivity index (χ2v) is 5.44. The lowest BCUT2D eigenvalue weighted by Crippen LogP contribution is -2.44. The molecule has 3 nitrogen and oxygen atoms in total. The summed E-state index contributed by atoms with van der Waals surface area (Å²) < 4.78 is 19.1. The van der Waals surface area contributed by atoms with Gasteiger partial charge in [-0.2, -0.15) is 0 Å². The van der Waals surface area contributed by atoms with E-state index in [1.807, 2.05) is 6.92 Å². The molecule has 0 bridgehead atoms. The Balaban J connectivity index is 2.25. The zero-order valence-electron chi connectivity index (χ0n) is 9.75. The van der Waals surface area contributed by atoms with Crippen LogP contribution in [0, 0.1) is 5.82 Å². The Morgan fingerprint density at radius 3 is 3.00 bits per heavy atom. The average molecular weight is 337 g/mol. The van der Waals surface area contributed by atoms with Crippen LogP contribution < -0.4 is 0 Å². The minimum Gasteiger partial charge on any atom is -0.375 e. The molecular weight excluding hydrogens is 324 g/mol. The second kappa shape index (κ2) is 5.55. The Morgan fingerprint density at radius 1 is 1.61 bits per heavy atom. The third-order valence-corrected chi connectivity index (χ3v) is 3.69. The number of amides is 1. The molecule has 1 aromatic rings. The van der Waals surface area contributed by atoms with Gasteiger partial charge >= 0.3 is 0 Å². The number of nitrogens with zero attached hydrogens (tertiary/aromatic N) is 1. The molecule has 1 amide bonds. The first-order chi connectivity index (χ1) is 8.49. The van der Waals surface area contributed by atoms with E-state index in [4.69, 9.17) is 16.3 Å². The van der Waals surface area contributed by atoms with E-state index in [1.54, 1.807) is 4.90 Å². The normalized spacial score (nSPS) is 20.0. The molecule has 0 spiro atoms. The van der Waals surface area contributed by atoms with Crippen molar-refractivity contribution in [3.8, 4) is 0 Å². The van der Waals surface area contributed by atoms with Gasteiger partial charge in [0.2, 0.25) is 0 Å². The van der Waals surface area contributed by atoms with Gasteiger partial charge in [-0.05, 0) is 35.0 Å². The molecule has 1 heterocycles. The fourth-order valence-electron chi connectivity index (χ4n) is 1.86. The predicted molar refractivity (Wildman–Crippen MR) is 70.4 cm³/mol. The van der Waals surface area contributed by atoms with Crippen LogP contribution in [0.5, 0.6) is 0 Å². The summed E-state index contributed by atoms with van der Waals surface area (Å²) in [6, 6.07) is 2.56. The molecule has 0 radical (unpaired) electrons. The van der Waals surface area contributed by atoms with E-state index in [2.05, 4.69) is 15.9 Å². The molecule has 0 saturated carbocycles. The standard InChI is InChI=1S/C12H12BrClFNO2/c1-7-6-16(2-3-18-7)12(17)8-4-11(15)9(13)5-10(8)14/h4-5,7H,2-3,6H2,1H3. The van der Waals surface area contributed by atoms with Gasteiger partial charge in [-0.3, -0.25) is 4.79 Å². The van der Waals surface area contributed by atoms with Crippen LogP contribution in [0.1, 0.15) is 17.3 Å². The highest BCUT2D eigenvalue weighted by Crippen LogP contribution is 2.26. The van der Waals surface area contributed by atoms with Crippen LogP contribution in [-0.4, -0.2) is 36.6 Å². The summed E-state index contributed by atoms with van der Waals surface area (Å²) in [6.07, 6.45) is -0.0122. The zero-order valence-corrected chi connectivity index (χ0v) is 12.1. The first-order valence-corrected chi connectivity index (χ1v) is 6.71. The van der Waals surface area contributed by atoms with Crippen molar-refractivity contribution >= 4 is 33.4 Å². The van der Waals surface area contributed by atoms with Crippen molar-refractivity contribution in [2.45, 2.75) is 13.0 Å². The molecule has 1 aliphatic heterocycles. The number of ether oxygens (including phenoxy) is 1. The average Bonchev–Trinajstić information content (AvgIpc) is 2.33. The number of hydrogen-bond donors (Lipinski definition) is 0. The second-order valence-electron chi connectivity index (χ2n) is 4.18. The molecule has 1 saturated heterocycles. The molecule has 1 aromatic carbocycles. The molecule has 98 valence electrons. The van der Waals surface area contributed by atoms with E-state index in [1.165, 1.54) is 6.07 Å². The van der Waals surface area contributed by atoms with Gasteiger partial charge in [-0.15, -0.1) is 0 Å². The van der Waals surface area contributed by atoms with Gasteiger partial charge in [0.1, 0.15) is 5.82 Å². The Kier molecular flexibility index (Phi) is 4.25. The lowest BCUT2D eigenvalue weighted by atomic mass is 10.1. The Bertz CT molecular complexity index is 483. The van der Waals surface area contributed by atoms with Gasteiger partial charge in [-0.25, -0.2) is 4.39 Å². The van der Waals surface area contributed by atoms with E-state index in [9.17, 15) is 9.18 Å². The highest BCUT2D eigenvalue weighted by atomic mass is 79.9. The fraction of sp³-hybridized carbons (Fsp3) is 0.417. The summed E-state index contributed by atoms with van der Waals surface area (Å²) in [7, 11) is 0. The minimum absolute atomic E-state index is 0.0122. The third kappa shape index (κ3) is 2.84. The van der Waals surface area contributed by atoms with Gasteiger partial charge < -0.3 is 9.64 Å². The monoisotopic (exact) mass is 335 g/mol. The Morgan fingerprint density at radius 2 is 2.33 bits per heavy atom. The molecule has 0 aromatic heterocycles. The maximum Gasteiger partial charge on any atom is 0.255 e. The van der Waals surface area contributed by atoms with Gasteiger partial charge in [0.05, 0.1) is 27.8 Å². The quantitative estimate of drug-likeness (QED) is 0.738. The van der Waals surface area contributed by atoms with Gasteiger partial charge in [0.25, 0.3) is 5.91 Å². The molecule has 6 heteroatoms. The van der Waals surface area contributed by atoms with Crippen molar-refractivity contribution in [3.05, 3.63) is 33.0 Å². The number of carbonyl (C=O) groups excluding carboxylic acids is 1. The number of rotatable bonds is 1. The fourth-order valence-corrected chi connectivity index (χ4v) is 2.58. The van der Waals surface area contributed by atoms with Crippen LogP contribution in [0.3, 0.4) is 0 Å². The van der Waals surface area contributed by atoms with E-state index >= 15 is 0 Å². The highest BCUT2D eigenvalue weighted by molar-refractivity contribution is 9.10. The van der Waals surface area contributed by atoms with Crippen molar-refractivity contribution in [1.82, 2.24) is 4.90 Å². The van der Waals surface area contributed by atoms with Crippen LogP contribution in [-0.2, 0) is 4.74 Å². The SMILES string of the molecule is CC1CN(C(=O)c2cc(F)c(Br)cc2Cl)CCO1. The Labute approximate surface area is 118 Å². The molecule has 0 aliphatic carbocycles. The summed E-state index contributed by atoms with van der Waals surface area (Å²) in [5.41, 5.74) is 0.187. The van der Waals surface area contributed by atoms with Gasteiger partial charge in [0.15, 0.2) is 0 Å². The van der Waals surface area contributed by atoms with Gasteiger partial charge in [-0.1, -0.05) is 11.6 Å². The zero-order chi connectivity index (χ0) is 13.3. The first kappa shape index (κ1) is 13.8. The smallest absolute Gasteiger partial charge is 0.255 e. The van der Waals surface area contributed by atoms with Gasteiger partial charge in [0, 0.05) is 13.1 Å². The maximum absolute atomic E-state index is 13.5. The summed E-state index contributed by atoms with van der Waals surface area (Å²) in [6.45, 7) is 3.37. The van der Waals surface area contributed by atoms with E-state index < -0.39 is 5.82 Å². The topological polar surface area (TPSA) is 29.5 Å².